The molecule has 4 heterocycles. The molecule has 1 atom stereocenters. The predicted molar refractivity (Wildman–Crippen MR) is 226 cm³/mol. The molecule has 60 heavy (non-hydrogen) atoms. The maximum atomic E-state index is 13.6. The molecule has 8 rings (SSSR count). The Morgan fingerprint density at radius 3 is 2.18 bits per heavy atom. The Morgan fingerprint density at radius 2 is 1.55 bits per heavy atom. The van der Waals surface area contributed by atoms with Gasteiger partial charge < -0.3 is 24.8 Å². The van der Waals surface area contributed by atoms with Crippen molar-refractivity contribution in [1.29, 1.82) is 10.5 Å². The molecule has 1 saturated carbocycles. The molecule has 4 aliphatic heterocycles. The summed E-state index contributed by atoms with van der Waals surface area (Å²) >= 11 is 6.26. The number of hydrogen-bond acceptors (Lipinski definition) is 10. The zero-order chi connectivity index (χ0) is 42.6. The van der Waals surface area contributed by atoms with Gasteiger partial charge in [0, 0.05) is 111 Å². The molecule has 3 aromatic carbocycles. The van der Waals surface area contributed by atoms with E-state index in [0.29, 0.717) is 33.4 Å². The Labute approximate surface area is 356 Å². The molecule has 0 radical (unpaired) electrons. The molecule has 0 spiro atoms. The van der Waals surface area contributed by atoms with Crippen molar-refractivity contribution >= 4 is 46.6 Å². The van der Waals surface area contributed by atoms with Crippen LogP contribution in [0.25, 0.3) is 0 Å². The van der Waals surface area contributed by atoms with Crippen LogP contribution in [0.4, 0.5) is 11.4 Å². The van der Waals surface area contributed by atoms with Crippen LogP contribution in [0.1, 0.15) is 85.2 Å². The molecular formula is C46H51ClN8O5. The molecule has 13 nitrogen and oxygen atoms in total. The van der Waals surface area contributed by atoms with Crippen LogP contribution in [0.3, 0.4) is 0 Å². The second kappa shape index (κ2) is 15.8. The third-order valence-corrected chi connectivity index (χ3v) is 14.0. The molecule has 4 fully saturated rings. The molecule has 3 saturated heterocycles. The molecule has 4 amide bonds. The van der Waals surface area contributed by atoms with Crippen LogP contribution in [0.2, 0.25) is 5.02 Å². The normalized spacial score (nSPS) is 25.1. The first kappa shape index (κ1) is 41.1. The van der Waals surface area contributed by atoms with E-state index in [4.69, 9.17) is 16.3 Å². The highest BCUT2D eigenvalue weighted by atomic mass is 35.5. The zero-order valence-corrected chi connectivity index (χ0v) is 35.3. The van der Waals surface area contributed by atoms with E-state index in [9.17, 15) is 29.7 Å². The number of carbonyl (C=O) groups is 4. The van der Waals surface area contributed by atoms with Crippen molar-refractivity contribution in [3.05, 3.63) is 87.9 Å². The second-order valence-electron chi connectivity index (χ2n) is 18.1. The van der Waals surface area contributed by atoms with E-state index in [0.717, 1.165) is 75.6 Å². The lowest BCUT2D eigenvalue weighted by Gasteiger charge is -2.63. The number of piperidine rings is 2. The van der Waals surface area contributed by atoms with Gasteiger partial charge in [-0.25, -0.2) is 0 Å². The van der Waals surface area contributed by atoms with Gasteiger partial charge in [0.15, 0.2) is 0 Å². The zero-order valence-electron chi connectivity index (χ0n) is 34.6. The van der Waals surface area contributed by atoms with Crippen molar-refractivity contribution in [3.63, 3.8) is 0 Å². The first-order valence-corrected chi connectivity index (χ1v) is 21.2. The van der Waals surface area contributed by atoms with E-state index >= 15 is 0 Å². The van der Waals surface area contributed by atoms with Crippen molar-refractivity contribution in [2.24, 2.45) is 16.7 Å². The molecule has 312 valence electrons. The number of imide groups is 1. The number of anilines is 2. The number of fused-ring (bicyclic) bond motifs is 1. The van der Waals surface area contributed by atoms with Gasteiger partial charge in [0.1, 0.15) is 24.0 Å². The van der Waals surface area contributed by atoms with Gasteiger partial charge in [-0.1, -0.05) is 45.4 Å². The lowest BCUT2D eigenvalue weighted by Crippen LogP contribution is -2.74. The first-order chi connectivity index (χ1) is 28.6. The van der Waals surface area contributed by atoms with Crippen LogP contribution in [0.5, 0.6) is 5.75 Å². The number of benzene rings is 3. The summed E-state index contributed by atoms with van der Waals surface area (Å²) in [7, 11) is 0. The third kappa shape index (κ3) is 7.32. The molecule has 0 bridgehead atoms. The topological polar surface area (TPSA) is 162 Å². The fraction of sp³-hybridized carbons (Fsp3) is 0.478. The summed E-state index contributed by atoms with van der Waals surface area (Å²) in [4.78, 5) is 60.2. The third-order valence-electron chi connectivity index (χ3n) is 13.7. The van der Waals surface area contributed by atoms with Crippen LogP contribution < -0.4 is 25.2 Å². The summed E-state index contributed by atoms with van der Waals surface area (Å²) in [6.07, 6.45) is 2.01. The van der Waals surface area contributed by atoms with Gasteiger partial charge in [0.25, 0.3) is 17.7 Å². The quantitative estimate of drug-likeness (QED) is 0.263. The van der Waals surface area contributed by atoms with Crippen molar-refractivity contribution in [3.8, 4) is 17.9 Å². The lowest BCUT2D eigenvalue weighted by atomic mass is 9.49. The molecule has 1 unspecified atom stereocenters. The average Bonchev–Trinajstić information content (AvgIpc) is 3.58. The number of hydrogen-bond donors (Lipinski definition) is 2. The van der Waals surface area contributed by atoms with Crippen molar-refractivity contribution in [2.75, 3.05) is 55.6 Å². The molecule has 5 aliphatic rings. The molecule has 0 aromatic heterocycles. The first-order valence-electron chi connectivity index (χ1n) is 20.8. The van der Waals surface area contributed by atoms with E-state index in [1.165, 1.54) is 4.90 Å². The minimum Gasteiger partial charge on any atom is -0.489 e. The SMILES string of the molecule is CC1(C)C(NC(=O)c2ccc(N3CCC(CN4CCN(c5ccc6c(c5)C(=O)N(C5(C#N)CCC(=O)NC5=O)C6)CC4)CC3)cc2)C(C)(C)C1Oc1ccc(C#N)c(Cl)c1. The maximum Gasteiger partial charge on any atom is 0.267 e. The smallest absolute Gasteiger partial charge is 0.267 e. The number of carbonyl (C=O) groups excluding carboxylic acids is 4. The van der Waals surface area contributed by atoms with Crippen molar-refractivity contribution in [1.82, 2.24) is 20.4 Å². The second-order valence-corrected chi connectivity index (χ2v) is 18.6. The Hall–Kier alpha value is -5.63. The molecule has 2 N–H and O–H groups in total. The summed E-state index contributed by atoms with van der Waals surface area (Å²) in [5.41, 5.74) is 2.00. The molecule has 14 heteroatoms. The highest BCUT2D eigenvalue weighted by Gasteiger charge is 2.64. The number of piperazine rings is 1. The van der Waals surface area contributed by atoms with Crippen LogP contribution in [0, 0.1) is 39.4 Å². The number of nitrogens with one attached hydrogen (secondary N) is 2. The average molecular weight is 831 g/mol. The van der Waals surface area contributed by atoms with Crippen LogP contribution in [-0.2, 0) is 16.1 Å². The Morgan fingerprint density at radius 1 is 0.883 bits per heavy atom. The van der Waals surface area contributed by atoms with E-state index in [2.05, 4.69) is 59.1 Å². The number of rotatable bonds is 9. The van der Waals surface area contributed by atoms with Gasteiger partial charge in [0.05, 0.1) is 10.6 Å². The van der Waals surface area contributed by atoms with Gasteiger partial charge in [-0.05, 0) is 72.9 Å². The van der Waals surface area contributed by atoms with Gasteiger partial charge in [0.2, 0.25) is 11.4 Å². The van der Waals surface area contributed by atoms with Crippen LogP contribution in [-0.4, -0.2) is 96.9 Å². The maximum absolute atomic E-state index is 13.6. The number of amides is 4. The Bertz CT molecular complexity index is 2290. The minimum atomic E-state index is -1.69. The molecular weight excluding hydrogens is 780 g/mol. The summed E-state index contributed by atoms with van der Waals surface area (Å²) < 4.78 is 6.39. The Kier molecular flexibility index (Phi) is 10.8. The van der Waals surface area contributed by atoms with Gasteiger partial charge in [-0.3, -0.25) is 29.4 Å². The van der Waals surface area contributed by atoms with Gasteiger partial charge in [-0.15, -0.1) is 0 Å². The van der Waals surface area contributed by atoms with Gasteiger partial charge in [-0.2, -0.15) is 10.5 Å². The highest BCUT2D eigenvalue weighted by Crippen LogP contribution is 2.55. The summed E-state index contributed by atoms with van der Waals surface area (Å²) in [6.45, 7) is 15.0. The van der Waals surface area contributed by atoms with E-state index < -0.39 is 17.4 Å². The van der Waals surface area contributed by atoms with Crippen molar-refractivity contribution in [2.45, 2.75) is 77.6 Å². The standard InChI is InChI=1S/C46H51ClN8O5/c1-44(2)41(45(3,4)42(44)60-35-12-8-31(25-48)37(47)24-35)51-39(57)30-5-9-33(10-6-30)53-17-14-29(15-18-53)26-52-19-21-54(22-20-52)34-11-7-32-27-55(40(58)36(32)23-34)46(28-49)16-13-38(56)50-43(46)59/h5-12,23-24,29,41-42H,13-22,26-27H2,1-4H3,(H,51,57)(H,50,56,59). The summed E-state index contributed by atoms with van der Waals surface area (Å²) in [5.74, 6) is -0.423. The monoisotopic (exact) mass is 830 g/mol. The molecule has 1 aliphatic carbocycles. The number of nitriles is 2. The van der Waals surface area contributed by atoms with E-state index in [1.807, 2.05) is 48.5 Å². The number of nitrogens with zero attached hydrogens (tertiary/aromatic N) is 6. The van der Waals surface area contributed by atoms with E-state index in [1.54, 1.807) is 18.2 Å². The summed E-state index contributed by atoms with van der Waals surface area (Å²) in [6, 6.07) is 22.8. The van der Waals surface area contributed by atoms with Crippen molar-refractivity contribution < 1.29 is 23.9 Å². The minimum absolute atomic E-state index is 0.00668. The van der Waals surface area contributed by atoms with Crippen LogP contribution in [0.15, 0.2) is 60.7 Å². The predicted octanol–water partition coefficient (Wildman–Crippen LogP) is 5.52. The van der Waals surface area contributed by atoms with Crippen LogP contribution >= 0.6 is 11.6 Å². The number of ether oxygens (including phenoxy) is 1. The fourth-order valence-electron chi connectivity index (χ4n) is 10.5. The summed E-state index contributed by atoms with van der Waals surface area (Å²) in [5, 5.41) is 25.1. The Balaban J connectivity index is 0.791. The highest BCUT2D eigenvalue weighted by molar-refractivity contribution is 6.31. The fourth-order valence-corrected chi connectivity index (χ4v) is 10.7. The largest absolute Gasteiger partial charge is 0.489 e. The number of halogens is 1. The molecule has 3 aromatic rings. The van der Waals surface area contributed by atoms with E-state index in [-0.39, 0.29) is 54.2 Å². The lowest BCUT2D eigenvalue weighted by molar-refractivity contribution is -0.164. The van der Waals surface area contributed by atoms with Gasteiger partial charge >= 0.3 is 0 Å².